The minimum Gasteiger partial charge on any atom is -0.374 e. The molecule has 0 aliphatic carbocycles. The summed E-state index contributed by atoms with van der Waals surface area (Å²) in [7, 11) is 0. The minimum atomic E-state index is -0.490. The van der Waals surface area contributed by atoms with Crippen LogP contribution in [0.5, 0.6) is 0 Å². The number of anilines is 3. The number of nitrogens with zero attached hydrogens (tertiary/aromatic N) is 2. The van der Waals surface area contributed by atoms with Crippen molar-refractivity contribution in [1.29, 1.82) is 5.26 Å². The lowest BCUT2D eigenvalue weighted by Gasteiger charge is -2.20. The lowest BCUT2D eigenvalue weighted by molar-refractivity contribution is -0.117. The molecule has 1 saturated heterocycles. The molecule has 27 heavy (non-hydrogen) atoms. The van der Waals surface area contributed by atoms with Gasteiger partial charge in [-0.15, -0.1) is 0 Å². The van der Waals surface area contributed by atoms with E-state index >= 15 is 0 Å². The van der Waals surface area contributed by atoms with Gasteiger partial charge in [0.2, 0.25) is 11.8 Å². The third kappa shape index (κ3) is 4.09. The van der Waals surface area contributed by atoms with Crippen LogP contribution in [0.2, 0.25) is 0 Å². The number of hydrogen-bond acceptors (Lipinski definition) is 4. The van der Waals surface area contributed by atoms with Crippen LogP contribution in [0.25, 0.3) is 0 Å². The van der Waals surface area contributed by atoms with E-state index in [-0.39, 0.29) is 11.8 Å². The number of nitrogens with one attached hydrogen (secondary N) is 2. The zero-order valence-electron chi connectivity index (χ0n) is 15.5. The summed E-state index contributed by atoms with van der Waals surface area (Å²) in [5, 5.41) is 15.1. The molecule has 6 heteroatoms. The molecular formula is C21H22N4O2. The smallest absolute Gasteiger partial charge is 0.246 e. The molecule has 1 atom stereocenters. The predicted molar refractivity (Wildman–Crippen MR) is 106 cm³/mol. The first-order valence-electron chi connectivity index (χ1n) is 8.97. The maximum atomic E-state index is 12.5. The van der Waals surface area contributed by atoms with E-state index in [4.69, 9.17) is 5.26 Å². The lowest BCUT2D eigenvalue weighted by Crippen LogP contribution is -2.32. The summed E-state index contributed by atoms with van der Waals surface area (Å²) >= 11 is 0. The standard InChI is InChI=1S/C21H22N4O2/c1-14-12-17(9-10-19(14)25-11-5-8-20(25)26)23-15(2)21(27)24-18-7-4-3-6-16(18)13-22/h3-4,6-7,9-10,12,15,23H,5,8,11H2,1-2H3,(H,24,27). The quantitative estimate of drug-likeness (QED) is 0.853. The maximum Gasteiger partial charge on any atom is 0.246 e. The van der Waals surface area contributed by atoms with E-state index in [1.807, 2.05) is 30.0 Å². The molecule has 2 aromatic carbocycles. The summed E-state index contributed by atoms with van der Waals surface area (Å²) < 4.78 is 0. The number of carbonyl (C=O) groups excluding carboxylic acids is 2. The van der Waals surface area contributed by atoms with Crippen molar-refractivity contribution in [2.75, 3.05) is 22.1 Å². The van der Waals surface area contributed by atoms with Crippen LogP contribution in [0.1, 0.15) is 30.9 Å². The van der Waals surface area contributed by atoms with Gasteiger partial charge in [-0.25, -0.2) is 0 Å². The number of rotatable bonds is 5. The van der Waals surface area contributed by atoms with Gasteiger partial charge in [-0.05, 0) is 56.2 Å². The Labute approximate surface area is 158 Å². The average molecular weight is 362 g/mol. The van der Waals surface area contributed by atoms with Crippen molar-refractivity contribution in [2.24, 2.45) is 0 Å². The van der Waals surface area contributed by atoms with Gasteiger partial charge < -0.3 is 15.5 Å². The molecule has 0 radical (unpaired) electrons. The summed E-state index contributed by atoms with van der Waals surface area (Å²) in [6, 6.07) is 14.2. The van der Waals surface area contributed by atoms with Crippen molar-refractivity contribution in [2.45, 2.75) is 32.7 Å². The number of para-hydroxylation sites is 1. The van der Waals surface area contributed by atoms with Crippen LogP contribution in [0, 0.1) is 18.3 Å². The molecule has 2 aromatic rings. The topological polar surface area (TPSA) is 85.2 Å². The molecule has 1 unspecified atom stereocenters. The molecule has 6 nitrogen and oxygen atoms in total. The highest BCUT2D eigenvalue weighted by atomic mass is 16.2. The molecule has 0 spiro atoms. The summed E-state index contributed by atoms with van der Waals surface area (Å²) in [6.45, 7) is 4.47. The normalized spacial score (nSPS) is 14.6. The highest BCUT2D eigenvalue weighted by Gasteiger charge is 2.23. The average Bonchev–Trinajstić information content (AvgIpc) is 3.08. The van der Waals surface area contributed by atoms with E-state index in [9.17, 15) is 9.59 Å². The van der Waals surface area contributed by atoms with Crippen LogP contribution in [-0.4, -0.2) is 24.4 Å². The van der Waals surface area contributed by atoms with Crippen LogP contribution in [0.15, 0.2) is 42.5 Å². The van der Waals surface area contributed by atoms with Crippen molar-refractivity contribution < 1.29 is 9.59 Å². The van der Waals surface area contributed by atoms with E-state index in [1.165, 1.54) is 0 Å². The Morgan fingerprint density at radius 2 is 2.04 bits per heavy atom. The Balaban J connectivity index is 1.67. The Bertz CT molecular complexity index is 917. The molecule has 1 aliphatic rings. The summed E-state index contributed by atoms with van der Waals surface area (Å²) in [5.41, 5.74) is 3.63. The number of carbonyl (C=O) groups is 2. The van der Waals surface area contributed by atoms with Gasteiger partial charge in [0.05, 0.1) is 11.3 Å². The fraction of sp³-hybridized carbons (Fsp3) is 0.286. The molecule has 0 bridgehead atoms. The second-order valence-electron chi connectivity index (χ2n) is 6.66. The lowest BCUT2D eigenvalue weighted by atomic mass is 10.1. The molecule has 3 rings (SSSR count). The minimum absolute atomic E-state index is 0.155. The fourth-order valence-electron chi connectivity index (χ4n) is 3.20. The van der Waals surface area contributed by atoms with Crippen LogP contribution < -0.4 is 15.5 Å². The summed E-state index contributed by atoms with van der Waals surface area (Å²) in [4.78, 5) is 26.2. The van der Waals surface area contributed by atoms with E-state index in [0.29, 0.717) is 17.7 Å². The third-order valence-corrected chi connectivity index (χ3v) is 4.64. The number of amides is 2. The Hall–Kier alpha value is -3.33. The van der Waals surface area contributed by atoms with Gasteiger partial charge in [-0.3, -0.25) is 9.59 Å². The Kier molecular flexibility index (Phi) is 5.41. The van der Waals surface area contributed by atoms with Gasteiger partial charge >= 0.3 is 0 Å². The van der Waals surface area contributed by atoms with E-state index in [1.54, 1.807) is 31.2 Å². The van der Waals surface area contributed by atoms with E-state index in [2.05, 4.69) is 16.7 Å². The molecule has 2 N–H and O–H groups in total. The van der Waals surface area contributed by atoms with Crippen molar-refractivity contribution in [3.05, 3.63) is 53.6 Å². The van der Waals surface area contributed by atoms with Gasteiger partial charge in [0.1, 0.15) is 12.1 Å². The second kappa shape index (κ2) is 7.92. The van der Waals surface area contributed by atoms with Gasteiger partial charge in [-0.1, -0.05) is 12.1 Å². The van der Waals surface area contributed by atoms with Crippen LogP contribution >= 0.6 is 0 Å². The number of hydrogen-bond donors (Lipinski definition) is 2. The zero-order valence-corrected chi connectivity index (χ0v) is 15.5. The zero-order chi connectivity index (χ0) is 19.4. The SMILES string of the molecule is Cc1cc(NC(C)C(=O)Nc2ccccc2C#N)ccc1N1CCCC1=O. The molecule has 2 amide bonds. The number of benzene rings is 2. The monoisotopic (exact) mass is 362 g/mol. The molecule has 1 aliphatic heterocycles. The first-order valence-corrected chi connectivity index (χ1v) is 8.97. The van der Waals surface area contributed by atoms with E-state index < -0.39 is 6.04 Å². The molecule has 1 fully saturated rings. The van der Waals surface area contributed by atoms with Gasteiger partial charge in [0, 0.05) is 24.3 Å². The molecule has 1 heterocycles. The Morgan fingerprint density at radius 1 is 1.26 bits per heavy atom. The molecule has 138 valence electrons. The van der Waals surface area contributed by atoms with Crippen molar-refractivity contribution in [1.82, 2.24) is 0 Å². The fourth-order valence-corrected chi connectivity index (χ4v) is 3.20. The second-order valence-corrected chi connectivity index (χ2v) is 6.66. The maximum absolute atomic E-state index is 12.5. The third-order valence-electron chi connectivity index (χ3n) is 4.64. The predicted octanol–water partition coefficient (Wildman–Crippen LogP) is 3.43. The number of aryl methyl sites for hydroxylation is 1. The highest BCUT2D eigenvalue weighted by Crippen LogP contribution is 2.27. The molecule has 0 saturated carbocycles. The van der Waals surface area contributed by atoms with Crippen LogP contribution in [0.3, 0.4) is 0 Å². The van der Waals surface area contributed by atoms with Gasteiger partial charge in [0.25, 0.3) is 0 Å². The summed E-state index contributed by atoms with van der Waals surface area (Å²) in [5.74, 6) is -0.0723. The van der Waals surface area contributed by atoms with Crippen molar-refractivity contribution in [3.8, 4) is 6.07 Å². The number of nitriles is 1. The summed E-state index contributed by atoms with van der Waals surface area (Å²) in [6.07, 6.45) is 1.49. The first kappa shape index (κ1) is 18.5. The van der Waals surface area contributed by atoms with E-state index in [0.717, 1.165) is 29.9 Å². The highest BCUT2D eigenvalue weighted by molar-refractivity contribution is 5.98. The largest absolute Gasteiger partial charge is 0.374 e. The van der Waals surface area contributed by atoms with Crippen molar-refractivity contribution >= 4 is 28.9 Å². The Morgan fingerprint density at radius 3 is 2.70 bits per heavy atom. The van der Waals surface area contributed by atoms with Gasteiger partial charge in [-0.2, -0.15) is 5.26 Å². The first-order chi connectivity index (χ1) is 13.0. The van der Waals surface area contributed by atoms with Crippen molar-refractivity contribution in [3.63, 3.8) is 0 Å². The van der Waals surface area contributed by atoms with Crippen LogP contribution in [0.4, 0.5) is 17.1 Å². The van der Waals surface area contributed by atoms with Gasteiger partial charge in [0.15, 0.2) is 0 Å². The molecule has 0 aromatic heterocycles. The van der Waals surface area contributed by atoms with Crippen LogP contribution in [-0.2, 0) is 9.59 Å². The molecular weight excluding hydrogens is 340 g/mol.